The van der Waals surface area contributed by atoms with Crippen molar-refractivity contribution in [2.24, 2.45) is 0 Å². The van der Waals surface area contributed by atoms with Crippen molar-refractivity contribution in [2.75, 3.05) is 0 Å². The van der Waals surface area contributed by atoms with Crippen LogP contribution in [0.1, 0.15) is 18.1 Å². The van der Waals surface area contributed by atoms with Crippen molar-refractivity contribution in [3.63, 3.8) is 0 Å². The fourth-order valence-electron chi connectivity index (χ4n) is 1.06. The van der Waals surface area contributed by atoms with Gasteiger partial charge in [-0.3, -0.25) is 4.79 Å². The van der Waals surface area contributed by atoms with Crippen molar-refractivity contribution >= 4 is 5.78 Å². The Labute approximate surface area is 84.6 Å². The van der Waals surface area contributed by atoms with Gasteiger partial charge >= 0.3 is 0 Å². The van der Waals surface area contributed by atoms with Crippen LogP contribution < -0.4 is 5.32 Å². The zero-order chi connectivity index (χ0) is 10.4. The van der Waals surface area contributed by atoms with Gasteiger partial charge in [-0.05, 0) is 25.5 Å². The van der Waals surface area contributed by atoms with Gasteiger partial charge in [0.05, 0.1) is 0 Å². The van der Waals surface area contributed by atoms with E-state index in [1.165, 1.54) is 24.1 Å². The number of hydrogen-bond acceptors (Lipinski definition) is 2. The van der Waals surface area contributed by atoms with Crippen LogP contribution in [0, 0.1) is 6.92 Å². The van der Waals surface area contributed by atoms with E-state index in [9.17, 15) is 4.79 Å². The summed E-state index contributed by atoms with van der Waals surface area (Å²) in [7, 11) is 0. The van der Waals surface area contributed by atoms with Gasteiger partial charge < -0.3 is 5.32 Å². The van der Waals surface area contributed by atoms with E-state index in [0.29, 0.717) is 0 Å². The summed E-state index contributed by atoms with van der Waals surface area (Å²) in [6, 6.07) is 8.30. The number of rotatable bonds is 4. The summed E-state index contributed by atoms with van der Waals surface area (Å²) in [5, 5.41) is 3.05. The molecule has 0 aliphatic heterocycles. The third-order valence-electron chi connectivity index (χ3n) is 1.86. The number of carbonyl (C=O) groups excluding carboxylic acids is 1. The predicted octanol–water partition coefficient (Wildman–Crippen LogP) is 2.19. The third-order valence-corrected chi connectivity index (χ3v) is 1.86. The Morgan fingerprint density at radius 1 is 1.36 bits per heavy atom. The van der Waals surface area contributed by atoms with Crippen LogP contribution in [-0.2, 0) is 11.3 Å². The minimum Gasteiger partial charge on any atom is -0.387 e. The molecule has 0 saturated carbocycles. The monoisotopic (exact) mass is 189 g/mol. The predicted molar refractivity (Wildman–Crippen MR) is 57.8 cm³/mol. The van der Waals surface area contributed by atoms with E-state index >= 15 is 0 Å². The molecule has 74 valence electrons. The van der Waals surface area contributed by atoms with Gasteiger partial charge in [-0.2, -0.15) is 0 Å². The number of ketones is 1. The molecule has 0 spiro atoms. The highest BCUT2D eigenvalue weighted by molar-refractivity contribution is 5.87. The number of carbonyl (C=O) groups is 1. The van der Waals surface area contributed by atoms with Gasteiger partial charge in [0.1, 0.15) is 0 Å². The largest absolute Gasteiger partial charge is 0.387 e. The molecule has 0 aliphatic rings. The molecule has 14 heavy (non-hydrogen) atoms. The Morgan fingerprint density at radius 2 is 2.00 bits per heavy atom. The number of benzene rings is 1. The Hall–Kier alpha value is -1.57. The van der Waals surface area contributed by atoms with Crippen LogP contribution in [0.2, 0.25) is 0 Å². The van der Waals surface area contributed by atoms with Gasteiger partial charge in [0, 0.05) is 12.7 Å². The molecule has 0 atom stereocenters. The molecule has 1 aromatic rings. The smallest absolute Gasteiger partial charge is 0.154 e. The van der Waals surface area contributed by atoms with Crippen molar-refractivity contribution < 1.29 is 4.79 Å². The lowest BCUT2D eigenvalue weighted by Crippen LogP contribution is -2.04. The van der Waals surface area contributed by atoms with E-state index < -0.39 is 0 Å². The molecule has 0 fully saturated rings. The van der Waals surface area contributed by atoms with Crippen LogP contribution in [0.15, 0.2) is 36.5 Å². The number of hydrogen-bond donors (Lipinski definition) is 1. The lowest BCUT2D eigenvalue weighted by Gasteiger charge is -2.01. The standard InChI is InChI=1S/C12H15NO/c1-10-3-5-12(6-4-10)9-13-8-7-11(2)14/h3-8,13H,9H2,1-2H3/b8-7+. The van der Waals surface area contributed by atoms with Crippen LogP contribution in [0.5, 0.6) is 0 Å². The minimum atomic E-state index is 0.0569. The van der Waals surface area contributed by atoms with Gasteiger partial charge in [0.25, 0.3) is 0 Å². The molecule has 0 heterocycles. The van der Waals surface area contributed by atoms with Crippen LogP contribution >= 0.6 is 0 Å². The molecule has 1 N–H and O–H groups in total. The van der Waals surface area contributed by atoms with Gasteiger partial charge in [-0.15, -0.1) is 0 Å². The molecule has 1 rings (SSSR count). The Kier molecular flexibility index (Phi) is 3.92. The van der Waals surface area contributed by atoms with Crippen molar-refractivity contribution in [3.05, 3.63) is 47.7 Å². The van der Waals surface area contributed by atoms with E-state index in [4.69, 9.17) is 0 Å². The summed E-state index contributed by atoms with van der Waals surface area (Å²) in [6.45, 7) is 4.35. The van der Waals surface area contributed by atoms with Gasteiger partial charge in [-0.25, -0.2) is 0 Å². The Morgan fingerprint density at radius 3 is 2.57 bits per heavy atom. The van der Waals surface area contributed by atoms with Gasteiger partial charge in [0.15, 0.2) is 5.78 Å². The maximum Gasteiger partial charge on any atom is 0.154 e. The van der Waals surface area contributed by atoms with E-state index in [-0.39, 0.29) is 5.78 Å². The second kappa shape index (κ2) is 5.22. The SMILES string of the molecule is CC(=O)/C=C/NCc1ccc(C)cc1. The molecular formula is C12H15NO. The molecule has 1 aromatic carbocycles. The third kappa shape index (κ3) is 3.90. The average molecular weight is 189 g/mol. The summed E-state index contributed by atoms with van der Waals surface area (Å²) in [4.78, 5) is 10.6. The van der Waals surface area contributed by atoms with E-state index in [1.54, 1.807) is 6.20 Å². The molecule has 0 aliphatic carbocycles. The molecule has 0 saturated heterocycles. The molecule has 0 aromatic heterocycles. The van der Waals surface area contributed by atoms with Crippen molar-refractivity contribution in [1.29, 1.82) is 0 Å². The number of nitrogens with one attached hydrogen (secondary N) is 1. The van der Waals surface area contributed by atoms with E-state index in [2.05, 4.69) is 36.5 Å². The molecule has 0 bridgehead atoms. The first-order valence-corrected chi connectivity index (χ1v) is 4.64. The topological polar surface area (TPSA) is 29.1 Å². The van der Waals surface area contributed by atoms with Crippen LogP contribution in [0.25, 0.3) is 0 Å². The van der Waals surface area contributed by atoms with E-state index in [1.807, 2.05) is 0 Å². The minimum absolute atomic E-state index is 0.0569. The van der Waals surface area contributed by atoms with Crippen molar-refractivity contribution in [2.45, 2.75) is 20.4 Å². The normalized spacial score (nSPS) is 10.4. The van der Waals surface area contributed by atoms with Gasteiger partial charge in [0.2, 0.25) is 0 Å². The second-order valence-electron chi connectivity index (χ2n) is 3.31. The van der Waals surface area contributed by atoms with Crippen molar-refractivity contribution in [1.82, 2.24) is 5.32 Å². The fraction of sp³-hybridized carbons (Fsp3) is 0.250. The maximum atomic E-state index is 10.6. The first kappa shape index (κ1) is 10.5. The highest BCUT2D eigenvalue weighted by atomic mass is 16.1. The lowest BCUT2D eigenvalue weighted by molar-refractivity contribution is -0.112. The Bertz CT molecular complexity index is 325. The first-order valence-electron chi connectivity index (χ1n) is 4.64. The molecule has 2 heteroatoms. The quantitative estimate of drug-likeness (QED) is 0.735. The molecule has 2 nitrogen and oxygen atoms in total. The summed E-state index contributed by atoms with van der Waals surface area (Å²) in [6.07, 6.45) is 3.20. The second-order valence-corrected chi connectivity index (χ2v) is 3.31. The maximum absolute atomic E-state index is 10.6. The molecule has 0 amide bonds. The number of aryl methyl sites for hydroxylation is 1. The zero-order valence-corrected chi connectivity index (χ0v) is 8.58. The first-order chi connectivity index (χ1) is 6.68. The lowest BCUT2D eigenvalue weighted by atomic mass is 10.1. The molecular weight excluding hydrogens is 174 g/mol. The van der Waals surface area contributed by atoms with E-state index in [0.717, 1.165) is 6.54 Å². The van der Waals surface area contributed by atoms with Crippen LogP contribution in [-0.4, -0.2) is 5.78 Å². The number of allylic oxidation sites excluding steroid dienone is 1. The Balaban J connectivity index is 2.39. The fourth-order valence-corrected chi connectivity index (χ4v) is 1.06. The highest BCUT2D eigenvalue weighted by Crippen LogP contribution is 2.02. The summed E-state index contributed by atoms with van der Waals surface area (Å²) in [5.41, 5.74) is 2.47. The summed E-state index contributed by atoms with van der Waals surface area (Å²) in [5.74, 6) is 0.0569. The molecule has 0 unspecified atom stereocenters. The summed E-state index contributed by atoms with van der Waals surface area (Å²) >= 11 is 0. The van der Waals surface area contributed by atoms with Crippen molar-refractivity contribution in [3.8, 4) is 0 Å². The highest BCUT2D eigenvalue weighted by Gasteiger charge is 1.89. The molecule has 0 radical (unpaired) electrons. The van der Waals surface area contributed by atoms with Gasteiger partial charge in [-0.1, -0.05) is 29.8 Å². The summed E-state index contributed by atoms with van der Waals surface area (Å²) < 4.78 is 0. The van der Waals surface area contributed by atoms with Crippen LogP contribution in [0.4, 0.5) is 0 Å². The average Bonchev–Trinajstić information content (AvgIpc) is 2.15. The zero-order valence-electron chi connectivity index (χ0n) is 8.58. The van der Waals surface area contributed by atoms with Crippen LogP contribution in [0.3, 0.4) is 0 Å².